The zero-order valence-corrected chi connectivity index (χ0v) is 36.6. The summed E-state index contributed by atoms with van der Waals surface area (Å²) in [7, 11) is 1.11. The van der Waals surface area contributed by atoms with Crippen LogP contribution in [0.15, 0.2) is 24.3 Å². The average Bonchev–Trinajstić information content (AvgIpc) is 3.12. The summed E-state index contributed by atoms with van der Waals surface area (Å²) in [6.07, 6.45) is 40.1. The molecular weight excluding hydrogens is 701 g/mol. The Morgan fingerprint density at radius 1 is 0.556 bits per heavy atom. The van der Waals surface area contributed by atoms with Gasteiger partial charge in [-0.3, -0.25) is 4.57 Å². The monoisotopic (exact) mass is 786 g/mol. The Hall–Kier alpha value is -1.51. The predicted octanol–water partition coefficient (Wildman–Crippen LogP) is 11.7. The van der Waals surface area contributed by atoms with Crippen LogP contribution in [0.25, 0.3) is 0 Å². The van der Waals surface area contributed by atoms with Gasteiger partial charge in [0.05, 0.1) is 27.7 Å². The molecule has 2 atom stereocenters. The Kier molecular flexibility index (Phi) is 36.1. The molecule has 54 heavy (non-hydrogen) atoms. The number of esters is 2. The smallest absolute Gasteiger partial charge is 0.330 e. The zero-order chi connectivity index (χ0) is 40.0. The number of quaternary nitrogens is 1. The number of phosphoric acid groups is 1. The summed E-state index contributed by atoms with van der Waals surface area (Å²) >= 11 is 0. The fourth-order valence-corrected chi connectivity index (χ4v) is 6.83. The van der Waals surface area contributed by atoms with E-state index in [0.29, 0.717) is 11.0 Å². The highest BCUT2D eigenvalue weighted by molar-refractivity contribution is 7.45. The number of unbranched alkanes of at least 4 members (excludes halogenated alkanes) is 26. The van der Waals surface area contributed by atoms with E-state index in [1.165, 1.54) is 153 Å². The molecular formula is C44H84NO8P. The van der Waals surface area contributed by atoms with Gasteiger partial charge in [-0.25, -0.2) is 9.59 Å². The minimum atomic E-state index is -4.65. The molecule has 0 bridgehead atoms. The summed E-state index contributed by atoms with van der Waals surface area (Å²) in [6, 6.07) is 0. The van der Waals surface area contributed by atoms with Gasteiger partial charge in [-0.2, -0.15) is 0 Å². The van der Waals surface area contributed by atoms with E-state index >= 15 is 0 Å². The van der Waals surface area contributed by atoms with Crippen molar-refractivity contribution in [3.05, 3.63) is 24.3 Å². The van der Waals surface area contributed by atoms with Crippen molar-refractivity contribution in [3.63, 3.8) is 0 Å². The third kappa shape index (κ3) is 40.2. The maximum atomic E-state index is 12.6. The lowest BCUT2D eigenvalue weighted by Gasteiger charge is -2.28. The van der Waals surface area contributed by atoms with Gasteiger partial charge in [-0.15, -0.1) is 0 Å². The number of nitrogens with zero attached hydrogens (tertiary/aromatic N) is 1. The molecule has 0 amide bonds. The molecule has 0 fully saturated rings. The van der Waals surface area contributed by atoms with Crippen LogP contribution in [0.1, 0.15) is 194 Å². The maximum Gasteiger partial charge on any atom is 0.330 e. The number of carbonyl (C=O) groups excluding carboxylic acids is 2. The number of hydrogen-bond acceptors (Lipinski definition) is 8. The second-order valence-electron chi connectivity index (χ2n) is 16.1. The quantitative estimate of drug-likeness (QED) is 0.0198. The lowest BCUT2D eigenvalue weighted by molar-refractivity contribution is -0.870. The molecule has 0 rings (SSSR count). The van der Waals surface area contributed by atoms with Crippen LogP contribution in [0.3, 0.4) is 0 Å². The molecule has 10 heteroatoms. The first-order valence-electron chi connectivity index (χ1n) is 22.1. The summed E-state index contributed by atoms with van der Waals surface area (Å²) in [4.78, 5) is 37.3. The molecule has 0 aliphatic carbocycles. The minimum absolute atomic E-state index is 0.0459. The van der Waals surface area contributed by atoms with E-state index in [2.05, 4.69) is 13.8 Å². The van der Waals surface area contributed by atoms with Crippen LogP contribution < -0.4 is 4.89 Å². The second-order valence-corrected chi connectivity index (χ2v) is 17.6. The zero-order valence-electron chi connectivity index (χ0n) is 35.7. The van der Waals surface area contributed by atoms with E-state index in [0.717, 1.165) is 38.5 Å². The first-order valence-corrected chi connectivity index (χ1v) is 23.6. The molecule has 0 heterocycles. The van der Waals surface area contributed by atoms with Crippen molar-refractivity contribution >= 4 is 19.8 Å². The Labute approximate surface area is 332 Å². The van der Waals surface area contributed by atoms with Crippen LogP contribution in [-0.2, 0) is 32.7 Å². The first kappa shape index (κ1) is 52.5. The standard InChI is InChI=1S/C44H84NO8P/c1-6-8-10-12-14-16-18-20-22-24-26-28-30-32-34-36-43(46)50-40-42(41-52-54(48,49)51-39-38-45(3,4)5)53-44(47)37-35-33-31-29-27-25-23-21-19-17-15-13-11-9-7-2/h34-37,42H,6-33,38-41H2,1-5H3/b36-34+,37-35+. The van der Waals surface area contributed by atoms with Gasteiger partial charge in [0.15, 0.2) is 6.10 Å². The van der Waals surface area contributed by atoms with Gasteiger partial charge in [-0.1, -0.05) is 180 Å². The van der Waals surface area contributed by atoms with Gasteiger partial charge in [0.1, 0.15) is 19.8 Å². The van der Waals surface area contributed by atoms with Gasteiger partial charge < -0.3 is 27.9 Å². The van der Waals surface area contributed by atoms with Crippen molar-refractivity contribution in [1.82, 2.24) is 0 Å². The SMILES string of the molecule is CCCCCCCCCCCCCCC/C=C/C(=O)OCC(COP(=O)([O-])OCC[N+](C)(C)C)OC(=O)/C=C/CCCCCCCCCCCCCCC. The largest absolute Gasteiger partial charge is 0.756 e. The minimum Gasteiger partial charge on any atom is -0.756 e. The van der Waals surface area contributed by atoms with Crippen molar-refractivity contribution < 1.29 is 42.1 Å². The van der Waals surface area contributed by atoms with Crippen molar-refractivity contribution in [2.75, 3.05) is 47.5 Å². The number of hydrogen-bond donors (Lipinski definition) is 0. The van der Waals surface area contributed by atoms with Crippen LogP contribution in [0.2, 0.25) is 0 Å². The number of likely N-dealkylation sites (N-methyl/N-ethyl adjacent to an activating group) is 1. The molecule has 0 aromatic heterocycles. The van der Waals surface area contributed by atoms with Crippen molar-refractivity contribution in [3.8, 4) is 0 Å². The van der Waals surface area contributed by atoms with Crippen molar-refractivity contribution in [1.29, 1.82) is 0 Å². The fraction of sp³-hybridized carbons (Fsp3) is 0.864. The molecule has 2 unspecified atom stereocenters. The number of carbonyl (C=O) groups is 2. The van der Waals surface area contributed by atoms with Gasteiger partial charge >= 0.3 is 11.9 Å². The summed E-state index contributed by atoms with van der Waals surface area (Å²) < 4.78 is 33.6. The Morgan fingerprint density at radius 3 is 1.31 bits per heavy atom. The first-order chi connectivity index (χ1) is 26.0. The molecule has 0 aromatic rings. The average molecular weight is 786 g/mol. The number of phosphoric ester groups is 1. The molecule has 318 valence electrons. The lowest BCUT2D eigenvalue weighted by atomic mass is 10.0. The number of allylic oxidation sites excluding steroid dienone is 2. The molecule has 0 spiro atoms. The van der Waals surface area contributed by atoms with Crippen LogP contribution in [0.5, 0.6) is 0 Å². The van der Waals surface area contributed by atoms with E-state index in [4.69, 9.17) is 18.5 Å². The van der Waals surface area contributed by atoms with E-state index in [-0.39, 0.29) is 13.2 Å². The normalized spacial score (nSPS) is 13.8. The highest BCUT2D eigenvalue weighted by Gasteiger charge is 2.20. The molecule has 9 nitrogen and oxygen atoms in total. The maximum absolute atomic E-state index is 12.6. The van der Waals surface area contributed by atoms with Crippen LogP contribution >= 0.6 is 7.82 Å². The van der Waals surface area contributed by atoms with E-state index in [9.17, 15) is 19.0 Å². The van der Waals surface area contributed by atoms with Crippen molar-refractivity contribution in [2.24, 2.45) is 0 Å². The number of rotatable bonds is 40. The predicted molar refractivity (Wildman–Crippen MR) is 222 cm³/mol. The van der Waals surface area contributed by atoms with Crippen molar-refractivity contribution in [2.45, 2.75) is 200 Å². The van der Waals surface area contributed by atoms with Crippen LogP contribution in [-0.4, -0.2) is 70.0 Å². The summed E-state index contributed by atoms with van der Waals surface area (Å²) in [5, 5.41) is 0. The summed E-state index contributed by atoms with van der Waals surface area (Å²) in [5.41, 5.74) is 0. The molecule has 0 aliphatic rings. The molecule has 0 N–H and O–H groups in total. The molecule has 0 saturated heterocycles. The highest BCUT2D eigenvalue weighted by atomic mass is 31.2. The van der Waals surface area contributed by atoms with Crippen LogP contribution in [0, 0.1) is 0 Å². The topological polar surface area (TPSA) is 111 Å². The van der Waals surface area contributed by atoms with E-state index in [1.807, 2.05) is 21.1 Å². The molecule has 0 aliphatic heterocycles. The fourth-order valence-electron chi connectivity index (χ4n) is 6.10. The van der Waals surface area contributed by atoms with Crippen LogP contribution in [0.4, 0.5) is 0 Å². The van der Waals surface area contributed by atoms with E-state index in [1.54, 1.807) is 12.2 Å². The Morgan fingerprint density at radius 2 is 0.926 bits per heavy atom. The summed E-state index contributed by atoms with van der Waals surface area (Å²) in [5.74, 6) is -1.22. The van der Waals surface area contributed by atoms with Gasteiger partial charge in [0.25, 0.3) is 7.82 Å². The molecule has 0 radical (unpaired) electrons. The Balaban J connectivity index is 4.45. The lowest BCUT2D eigenvalue weighted by Crippen LogP contribution is -2.37. The highest BCUT2D eigenvalue weighted by Crippen LogP contribution is 2.38. The molecule has 0 aromatic carbocycles. The van der Waals surface area contributed by atoms with Gasteiger partial charge in [0.2, 0.25) is 0 Å². The molecule has 0 saturated carbocycles. The van der Waals surface area contributed by atoms with E-state index < -0.39 is 32.5 Å². The Bertz CT molecular complexity index is 980. The third-order valence-corrected chi connectivity index (χ3v) is 10.5. The number of ether oxygens (including phenoxy) is 2. The summed E-state index contributed by atoms with van der Waals surface area (Å²) in [6.45, 7) is 4.08. The second kappa shape index (κ2) is 37.1. The third-order valence-electron chi connectivity index (χ3n) is 9.58. The van der Waals surface area contributed by atoms with Gasteiger partial charge in [-0.05, 0) is 25.7 Å². The van der Waals surface area contributed by atoms with Gasteiger partial charge in [0, 0.05) is 12.2 Å².